The number of hydrogen-bond acceptors (Lipinski definition) is 7. The number of carboxylic acid groups (broad SMARTS) is 1. The number of amides is 1. The predicted octanol–water partition coefficient (Wildman–Crippen LogP) is 3.18. The first-order valence-corrected chi connectivity index (χ1v) is 10.4. The molecule has 9 nitrogen and oxygen atoms in total. The SMILES string of the molecule is O=C(O)C(F)(F)F.O=C(c1cocn1)N1CCC2(CC1)OCCC2CCOc1cccnc1. The topological polar surface area (TPSA) is 115 Å². The second kappa shape index (κ2) is 10.6. The van der Waals surface area contributed by atoms with Crippen LogP contribution in [0.25, 0.3) is 0 Å². The van der Waals surface area contributed by atoms with E-state index in [1.807, 2.05) is 17.0 Å². The Kier molecular flexibility index (Phi) is 7.90. The zero-order valence-corrected chi connectivity index (χ0v) is 17.7. The molecule has 1 N–H and O–H groups in total. The van der Waals surface area contributed by atoms with Crippen LogP contribution in [0, 0.1) is 5.92 Å². The maximum Gasteiger partial charge on any atom is 0.490 e. The first-order valence-electron chi connectivity index (χ1n) is 10.4. The number of ether oxygens (including phenoxy) is 2. The number of oxazole rings is 1. The third kappa shape index (κ3) is 6.44. The molecule has 2 aromatic heterocycles. The van der Waals surface area contributed by atoms with Crippen LogP contribution in [0.3, 0.4) is 0 Å². The van der Waals surface area contributed by atoms with Gasteiger partial charge in [-0.05, 0) is 43.7 Å². The molecule has 2 aliphatic rings. The van der Waals surface area contributed by atoms with Gasteiger partial charge in [-0.15, -0.1) is 0 Å². The first kappa shape index (κ1) is 24.5. The molecule has 1 unspecified atom stereocenters. The van der Waals surface area contributed by atoms with Gasteiger partial charge in [0.15, 0.2) is 12.1 Å². The summed E-state index contributed by atoms with van der Waals surface area (Å²) in [7, 11) is 0. The molecule has 4 heterocycles. The summed E-state index contributed by atoms with van der Waals surface area (Å²) in [5, 5.41) is 7.12. The number of aromatic nitrogens is 2. The summed E-state index contributed by atoms with van der Waals surface area (Å²) in [6.45, 7) is 2.81. The van der Waals surface area contributed by atoms with Gasteiger partial charge in [-0.2, -0.15) is 13.2 Å². The summed E-state index contributed by atoms with van der Waals surface area (Å²) < 4.78 is 48.6. The van der Waals surface area contributed by atoms with Gasteiger partial charge in [-0.25, -0.2) is 9.78 Å². The van der Waals surface area contributed by atoms with E-state index in [0.717, 1.165) is 38.0 Å². The van der Waals surface area contributed by atoms with Gasteiger partial charge >= 0.3 is 12.1 Å². The molecule has 0 radical (unpaired) electrons. The van der Waals surface area contributed by atoms with Crippen molar-refractivity contribution in [3.63, 3.8) is 0 Å². The molecule has 2 saturated heterocycles. The monoisotopic (exact) mass is 471 g/mol. The van der Waals surface area contributed by atoms with Gasteiger partial charge in [-0.1, -0.05) is 0 Å². The van der Waals surface area contributed by atoms with Crippen LogP contribution in [0.4, 0.5) is 13.2 Å². The summed E-state index contributed by atoms with van der Waals surface area (Å²) in [6, 6.07) is 3.79. The average molecular weight is 471 g/mol. The van der Waals surface area contributed by atoms with Gasteiger partial charge in [0.25, 0.3) is 5.91 Å². The summed E-state index contributed by atoms with van der Waals surface area (Å²) >= 11 is 0. The fourth-order valence-electron chi connectivity index (χ4n) is 4.07. The average Bonchev–Trinajstić information content (AvgIpc) is 3.46. The Labute approximate surface area is 187 Å². The van der Waals surface area contributed by atoms with E-state index in [2.05, 4.69) is 9.97 Å². The van der Waals surface area contributed by atoms with Gasteiger partial charge < -0.3 is 23.9 Å². The molecule has 180 valence electrons. The van der Waals surface area contributed by atoms with Crippen molar-refractivity contribution < 1.29 is 41.8 Å². The van der Waals surface area contributed by atoms with Gasteiger partial charge in [0, 0.05) is 25.9 Å². The van der Waals surface area contributed by atoms with E-state index in [4.69, 9.17) is 23.8 Å². The highest BCUT2D eigenvalue weighted by Crippen LogP contribution is 2.42. The van der Waals surface area contributed by atoms with E-state index >= 15 is 0 Å². The van der Waals surface area contributed by atoms with Crippen molar-refractivity contribution in [1.29, 1.82) is 0 Å². The summed E-state index contributed by atoms with van der Waals surface area (Å²) in [6.07, 6.45) is 4.78. The third-order valence-electron chi connectivity index (χ3n) is 5.76. The molecule has 1 spiro atoms. The Balaban J connectivity index is 0.000000383. The highest BCUT2D eigenvalue weighted by Gasteiger charge is 2.46. The standard InChI is InChI=1S/C19H23N3O4.C2HF3O2/c23-18(17-13-24-14-21-17)22-8-5-19(6-9-22)15(4-11-26-19)3-10-25-16-2-1-7-20-12-16;3-2(4,5)1(6)7/h1-2,7,12-15H,3-6,8-11H2;(H,6,7). The zero-order valence-electron chi connectivity index (χ0n) is 17.7. The Morgan fingerprint density at radius 2 is 2.03 bits per heavy atom. The number of carbonyl (C=O) groups excluding carboxylic acids is 1. The minimum Gasteiger partial charge on any atom is -0.492 e. The maximum atomic E-state index is 12.4. The fourth-order valence-corrected chi connectivity index (χ4v) is 4.07. The van der Waals surface area contributed by atoms with Crippen LogP contribution in [0.15, 0.2) is 41.6 Å². The van der Waals surface area contributed by atoms with Crippen LogP contribution in [-0.4, -0.2) is 69.9 Å². The Hall–Kier alpha value is -3.15. The number of likely N-dealkylation sites (tertiary alicyclic amines) is 1. The summed E-state index contributed by atoms with van der Waals surface area (Å²) in [5.41, 5.74) is 0.244. The number of rotatable bonds is 5. The lowest BCUT2D eigenvalue weighted by Gasteiger charge is -2.42. The minimum absolute atomic E-state index is 0.0666. The normalized spacial score (nSPS) is 19.6. The lowest BCUT2D eigenvalue weighted by molar-refractivity contribution is -0.192. The van der Waals surface area contributed by atoms with Crippen LogP contribution >= 0.6 is 0 Å². The number of hydrogen-bond donors (Lipinski definition) is 1. The van der Waals surface area contributed by atoms with E-state index in [1.165, 1.54) is 12.7 Å². The molecular weight excluding hydrogens is 447 g/mol. The third-order valence-corrected chi connectivity index (χ3v) is 5.76. The number of alkyl halides is 3. The number of pyridine rings is 1. The second-order valence-corrected chi connectivity index (χ2v) is 7.69. The van der Waals surface area contributed by atoms with Crippen LogP contribution < -0.4 is 4.74 Å². The largest absolute Gasteiger partial charge is 0.492 e. The van der Waals surface area contributed by atoms with Crippen molar-refractivity contribution in [3.8, 4) is 5.75 Å². The molecular formula is C21H24F3N3O6. The highest BCUT2D eigenvalue weighted by molar-refractivity contribution is 5.91. The van der Waals surface area contributed by atoms with E-state index in [0.29, 0.717) is 31.3 Å². The fraction of sp³-hybridized carbons (Fsp3) is 0.524. The first-order chi connectivity index (χ1) is 15.7. The minimum atomic E-state index is -5.08. The van der Waals surface area contributed by atoms with Crippen molar-refractivity contribution in [2.24, 2.45) is 5.92 Å². The van der Waals surface area contributed by atoms with E-state index in [9.17, 15) is 18.0 Å². The van der Waals surface area contributed by atoms with Gasteiger partial charge in [-0.3, -0.25) is 9.78 Å². The van der Waals surface area contributed by atoms with E-state index < -0.39 is 12.1 Å². The van der Waals surface area contributed by atoms with Crippen molar-refractivity contribution in [3.05, 3.63) is 42.9 Å². The van der Waals surface area contributed by atoms with Crippen LogP contribution in [0.2, 0.25) is 0 Å². The number of nitrogens with zero attached hydrogens (tertiary/aromatic N) is 3. The van der Waals surface area contributed by atoms with Crippen molar-refractivity contribution >= 4 is 11.9 Å². The molecule has 0 bridgehead atoms. The van der Waals surface area contributed by atoms with Crippen LogP contribution in [-0.2, 0) is 9.53 Å². The molecule has 4 rings (SSSR count). The quantitative estimate of drug-likeness (QED) is 0.707. The van der Waals surface area contributed by atoms with Crippen LogP contribution in [0.1, 0.15) is 36.2 Å². The Morgan fingerprint density at radius 3 is 2.61 bits per heavy atom. The van der Waals surface area contributed by atoms with E-state index in [-0.39, 0.29) is 11.5 Å². The second-order valence-electron chi connectivity index (χ2n) is 7.69. The maximum absolute atomic E-state index is 12.4. The molecule has 2 aliphatic heterocycles. The van der Waals surface area contributed by atoms with Gasteiger partial charge in [0.2, 0.25) is 0 Å². The molecule has 1 amide bonds. The van der Waals surface area contributed by atoms with Crippen molar-refractivity contribution in [2.45, 2.75) is 37.5 Å². The molecule has 1 atom stereocenters. The number of carbonyl (C=O) groups is 2. The highest BCUT2D eigenvalue weighted by atomic mass is 19.4. The molecule has 0 saturated carbocycles. The summed E-state index contributed by atoms with van der Waals surface area (Å²) in [4.78, 5) is 31.2. The molecule has 2 aromatic rings. The lowest BCUT2D eigenvalue weighted by Crippen LogP contribution is -2.49. The van der Waals surface area contributed by atoms with Gasteiger partial charge in [0.05, 0.1) is 18.4 Å². The Bertz CT molecular complexity index is 900. The molecule has 12 heteroatoms. The van der Waals surface area contributed by atoms with Crippen LogP contribution in [0.5, 0.6) is 5.75 Å². The molecule has 0 aliphatic carbocycles. The predicted molar refractivity (Wildman–Crippen MR) is 106 cm³/mol. The number of halogens is 3. The number of piperidine rings is 1. The van der Waals surface area contributed by atoms with Crippen molar-refractivity contribution in [1.82, 2.24) is 14.9 Å². The zero-order chi connectivity index (χ0) is 23.9. The van der Waals surface area contributed by atoms with Gasteiger partial charge in [0.1, 0.15) is 12.0 Å². The smallest absolute Gasteiger partial charge is 0.490 e. The Morgan fingerprint density at radius 1 is 1.30 bits per heavy atom. The number of carboxylic acids is 1. The molecule has 2 fully saturated rings. The summed E-state index contributed by atoms with van der Waals surface area (Å²) in [5.74, 6) is -1.56. The molecule has 33 heavy (non-hydrogen) atoms. The van der Waals surface area contributed by atoms with Crippen molar-refractivity contribution in [2.75, 3.05) is 26.3 Å². The van der Waals surface area contributed by atoms with E-state index in [1.54, 1.807) is 12.4 Å². The number of aliphatic carboxylic acids is 1. The molecule has 0 aromatic carbocycles. The lowest BCUT2D eigenvalue weighted by atomic mass is 9.78.